The van der Waals surface area contributed by atoms with Gasteiger partial charge in [0.15, 0.2) is 0 Å². The van der Waals surface area contributed by atoms with Crippen LogP contribution in [0.4, 0.5) is 26.3 Å². The molecule has 126 valence electrons. The van der Waals surface area contributed by atoms with Crippen LogP contribution < -0.4 is 0 Å². The summed E-state index contributed by atoms with van der Waals surface area (Å²) in [6.07, 6.45) is -9.74. The lowest BCUT2D eigenvalue weighted by molar-refractivity contribution is -0.142. The Hall–Kier alpha value is -2.44. The van der Waals surface area contributed by atoms with Crippen molar-refractivity contribution in [3.05, 3.63) is 59.7 Å². The number of rotatable bonds is 1. The Morgan fingerprint density at radius 3 is 1.96 bits per heavy atom. The Labute approximate surface area is 133 Å². The molecular weight excluding hydrogens is 332 g/mol. The van der Waals surface area contributed by atoms with E-state index in [9.17, 15) is 26.3 Å². The van der Waals surface area contributed by atoms with Crippen LogP contribution in [0.3, 0.4) is 0 Å². The molecule has 0 bridgehead atoms. The lowest BCUT2D eigenvalue weighted by Crippen LogP contribution is -2.12. The molecule has 24 heavy (non-hydrogen) atoms. The lowest BCUT2D eigenvalue weighted by atomic mass is 10.1. The molecule has 1 nitrogen and oxygen atoms in total. The van der Waals surface area contributed by atoms with Crippen LogP contribution in [-0.2, 0) is 19.4 Å². The highest BCUT2D eigenvalue weighted by Crippen LogP contribution is 2.41. The molecule has 2 aromatic carbocycles. The maximum absolute atomic E-state index is 13.3. The fraction of sp³-hybridized carbons (Fsp3) is 0.176. The van der Waals surface area contributed by atoms with Crippen molar-refractivity contribution in [1.29, 1.82) is 0 Å². The van der Waals surface area contributed by atoms with Gasteiger partial charge in [-0.15, -0.1) is 0 Å². The van der Waals surface area contributed by atoms with E-state index < -0.39 is 23.5 Å². The minimum absolute atomic E-state index is 0.0986. The van der Waals surface area contributed by atoms with Crippen LogP contribution >= 0.6 is 0 Å². The molecular formula is C17H11F6N. The van der Waals surface area contributed by atoms with Crippen molar-refractivity contribution in [3.8, 4) is 11.3 Å². The van der Waals surface area contributed by atoms with Gasteiger partial charge in [-0.3, -0.25) is 0 Å². The zero-order valence-corrected chi connectivity index (χ0v) is 12.3. The van der Waals surface area contributed by atoms with Gasteiger partial charge in [-0.25, -0.2) is 0 Å². The van der Waals surface area contributed by atoms with Crippen LogP contribution in [0.15, 0.2) is 48.5 Å². The first-order valence-corrected chi connectivity index (χ1v) is 6.92. The number of nitrogens with zero attached hydrogens (tertiary/aromatic N) is 1. The highest BCUT2D eigenvalue weighted by molar-refractivity contribution is 5.90. The SMILES string of the molecule is Cn1c(-c2ccccc2)cc2cc(C(F)(F)F)cc(C(F)(F)F)c21. The van der Waals surface area contributed by atoms with E-state index in [4.69, 9.17) is 0 Å². The van der Waals surface area contributed by atoms with Crippen molar-refractivity contribution in [2.75, 3.05) is 0 Å². The van der Waals surface area contributed by atoms with Gasteiger partial charge in [0.1, 0.15) is 0 Å². The third-order valence-corrected chi connectivity index (χ3v) is 3.83. The van der Waals surface area contributed by atoms with Crippen molar-refractivity contribution in [2.45, 2.75) is 12.4 Å². The Bertz CT molecular complexity index is 887. The largest absolute Gasteiger partial charge is 0.418 e. The summed E-state index contributed by atoms with van der Waals surface area (Å²) in [5.74, 6) is 0. The second-order valence-corrected chi connectivity index (χ2v) is 5.41. The molecule has 0 unspecified atom stereocenters. The molecule has 1 aromatic heterocycles. The number of aromatic nitrogens is 1. The first-order valence-electron chi connectivity index (χ1n) is 6.92. The fourth-order valence-corrected chi connectivity index (χ4v) is 2.77. The molecule has 3 rings (SSSR count). The van der Waals surface area contributed by atoms with E-state index in [0.717, 1.165) is 6.07 Å². The summed E-state index contributed by atoms with van der Waals surface area (Å²) in [5, 5.41) is -0.0986. The van der Waals surface area contributed by atoms with Gasteiger partial charge in [0.2, 0.25) is 0 Å². The van der Waals surface area contributed by atoms with Crippen molar-refractivity contribution in [3.63, 3.8) is 0 Å². The zero-order chi connectivity index (χ0) is 17.7. The van der Waals surface area contributed by atoms with Crippen molar-refractivity contribution >= 4 is 10.9 Å². The molecule has 0 aliphatic heterocycles. The Balaban J connectivity index is 2.37. The number of hydrogen-bond donors (Lipinski definition) is 0. The van der Waals surface area contributed by atoms with Gasteiger partial charge in [0.05, 0.1) is 16.6 Å². The fourth-order valence-electron chi connectivity index (χ4n) is 2.77. The van der Waals surface area contributed by atoms with E-state index in [1.54, 1.807) is 30.3 Å². The summed E-state index contributed by atoms with van der Waals surface area (Å²) in [6, 6.07) is 10.8. The standard InChI is InChI=1S/C17H11F6N/c1-24-14(10-5-3-2-4-6-10)8-11-7-12(16(18,19)20)9-13(15(11)24)17(21,22)23/h2-9H,1H3. The smallest absolute Gasteiger partial charge is 0.343 e. The maximum Gasteiger partial charge on any atom is 0.418 e. The Kier molecular flexibility index (Phi) is 3.62. The molecule has 0 saturated heterocycles. The monoisotopic (exact) mass is 343 g/mol. The average Bonchev–Trinajstić information content (AvgIpc) is 2.83. The van der Waals surface area contributed by atoms with E-state index in [0.29, 0.717) is 11.3 Å². The van der Waals surface area contributed by atoms with Crippen molar-refractivity contribution < 1.29 is 26.3 Å². The predicted molar refractivity (Wildman–Crippen MR) is 78.4 cm³/mol. The van der Waals surface area contributed by atoms with Gasteiger partial charge in [-0.05, 0) is 23.8 Å². The number of aryl methyl sites for hydroxylation is 1. The zero-order valence-electron chi connectivity index (χ0n) is 12.3. The first-order chi connectivity index (χ1) is 11.1. The number of alkyl halides is 6. The molecule has 3 aromatic rings. The first kappa shape index (κ1) is 16.4. The Morgan fingerprint density at radius 1 is 0.792 bits per heavy atom. The number of fused-ring (bicyclic) bond motifs is 1. The second kappa shape index (κ2) is 5.29. The topological polar surface area (TPSA) is 4.93 Å². The van der Waals surface area contributed by atoms with Gasteiger partial charge in [-0.1, -0.05) is 30.3 Å². The number of hydrogen-bond acceptors (Lipinski definition) is 0. The Morgan fingerprint density at radius 2 is 1.42 bits per heavy atom. The minimum atomic E-state index is -4.89. The van der Waals surface area contributed by atoms with Crippen molar-refractivity contribution in [2.24, 2.45) is 7.05 Å². The third kappa shape index (κ3) is 2.74. The van der Waals surface area contributed by atoms with Gasteiger partial charge < -0.3 is 4.57 Å². The normalized spacial score (nSPS) is 12.8. The molecule has 7 heteroatoms. The summed E-state index contributed by atoms with van der Waals surface area (Å²) in [5.41, 5.74) is -1.84. The molecule has 0 radical (unpaired) electrons. The molecule has 0 N–H and O–H groups in total. The number of benzene rings is 2. The molecule has 0 aliphatic rings. The summed E-state index contributed by atoms with van der Waals surface area (Å²) in [6.45, 7) is 0. The second-order valence-electron chi connectivity index (χ2n) is 5.41. The van der Waals surface area contributed by atoms with Crippen LogP contribution in [0.2, 0.25) is 0 Å². The third-order valence-electron chi connectivity index (χ3n) is 3.83. The van der Waals surface area contributed by atoms with E-state index in [2.05, 4.69) is 0 Å². The van der Waals surface area contributed by atoms with Crippen molar-refractivity contribution in [1.82, 2.24) is 4.57 Å². The molecule has 0 aliphatic carbocycles. The van der Waals surface area contributed by atoms with E-state index in [-0.39, 0.29) is 17.0 Å². The quantitative estimate of drug-likeness (QED) is 0.486. The average molecular weight is 343 g/mol. The van der Waals surface area contributed by atoms with Crippen LogP contribution in [0, 0.1) is 0 Å². The van der Waals surface area contributed by atoms with Crippen LogP contribution in [0.1, 0.15) is 11.1 Å². The summed E-state index contributed by atoms with van der Waals surface area (Å²) >= 11 is 0. The molecule has 0 saturated carbocycles. The summed E-state index contributed by atoms with van der Waals surface area (Å²) < 4.78 is 80.0. The predicted octanol–water partition coefficient (Wildman–Crippen LogP) is 5.88. The van der Waals surface area contributed by atoms with E-state index >= 15 is 0 Å². The number of halogens is 6. The van der Waals surface area contributed by atoms with Crippen LogP contribution in [-0.4, -0.2) is 4.57 Å². The van der Waals surface area contributed by atoms with Gasteiger partial charge in [-0.2, -0.15) is 26.3 Å². The minimum Gasteiger partial charge on any atom is -0.343 e. The van der Waals surface area contributed by atoms with Gasteiger partial charge in [0.25, 0.3) is 0 Å². The lowest BCUT2D eigenvalue weighted by Gasteiger charge is -2.14. The molecule has 0 fully saturated rings. The van der Waals surface area contributed by atoms with Crippen LogP contribution in [0.5, 0.6) is 0 Å². The van der Waals surface area contributed by atoms with Gasteiger partial charge >= 0.3 is 12.4 Å². The highest BCUT2D eigenvalue weighted by atomic mass is 19.4. The molecule has 0 spiro atoms. The molecule has 1 heterocycles. The van der Waals surface area contributed by atoms with Crippen LogP contribution in [0.25, 0.3) is 22.2 Å². The maximum atomic E-state index is 13.3. The summed E-state index contributed by atoms with van der Waals surface area (Å²) in [7, 11) is 1.41. The van der Waals surface area contributed by atoms with E-state index in [1.807, 2.05) is 0 Å². The summed E-state index contributed by atoms with van der Waals surface area (Å²) in [4.78, 5) is 0. The van der Waals surface area contributed by atoms with E-state index in [1.165, 1.54) is 17.7 Å². The van der Waals surface area contributed by atoms with Gasteiger partial charge in [0, 0.05) is 18.1 Å². The highest BCUT2D eigenvalue weighted by Gasteiger charge is 2.39. The molecule has 0 atom stereocenters. The molecule has 0 amide bonds.